The van der Waals surface area contributed by atoms with Crippen LogP contribution in [0, 0.1) is 27.7 Å². The number of hydrogen-bond acceptors (Lipinski definition) is 4. The number of carbonyl (C=O) groups excluding carboxylic acids is 1. The van der Waals surface area contributed by atoms with Gasteiger partial charge in [-0.05, 0) is 57.0 Å². The SMILES string of the molecule is Cc1cc(C)cc(C(=O)N2CCN(c3nc4c(C)cc(C)cc4s3)CC2)c1. The Bertz CT molecular complexity index is 996. The molecule has 3 aromatic rings. The first-order valence-corrected chi connectivity index (χ1v) is 10.2. The lowest BCUT2D eigenvalue weighted by molar-refractivity contribution is 0.0746. The van der Waals surface area contributed by atoms with E-state index in [-0.39, 0.29) is 5.91 Å². The lowest BCUT2D eigenvalue weighted by Gasteiger charge is -2.34. The Hall–Kier alpha value is -2.40. The average Bonchev–Trinajstić information content (AvgIpc) is 3.05. The minimum absolute atomic E-state index is 0.136. The fraction of sp³-hybridized carbons (Fsp3) is 0.364. The zero-order chi connectivity index (χ0) is 19.1. The minimum Gasteiger partial charge on any atom is -0.345 e. The van der Waals surface area contributed by atoms with Crippen LogP contribution in [-0.4, -0.2) is 42.0 Å². The van der Waals surface area contributed by atoms with Gasteiger partial charge in [-0.1, -0.05) is 34.6 Å². The van der Waals surface area contributed by atoms with Crippen LogP contribution in [0.25, 0.3) is 10.2 Å². The molecule has 27 heavy (non-hydrogen) atoms. The number of benzene rings is 2. The Morgan fingerprint density at radius 2 is 1.52 bits per heavy atom. The molecule has 0 spiro atoms. The summed E-state index contributed by atoms with van der Waals surface area (Å²) in [6.45, 7) is 11.5. The van der Waals surface area contributed by atoms with E-state index in [2.05, 4.69) is 36.9 Å². The third-order valence-electron chi connectivity index (χ3n) is 5.12. The summed E-state index contributed by atoms with van der Waals surface area (Å²) >= 11 is 1.75. The molecule has 1 fully saturated rings. The third kappa shape index (κ3) is 3.56. The van der Waals surface area contributed by atoms with E-state index in [1.54, 1.807) is 11.3 Å². The van der Waals surface area contributed by atoms with E-state index in [0.717, 1.165) is 53.5 Å². The maximum absolute atomic E-state index is 12.9. The molecule has 1 saturated heterocycles. The van der Waals surface area contributed by atoms with Gasteiger partial charge in [0.05, 0.1) is 10.2 Å². The molecule has 0 aliphatic carbocycles. The molecule has 2 aromatic carbocycles. The molecular formula is C22H25N3OS. The zero-order valence-corrected chi connectivity index (χ0v) is 17.2. The van der Waals surface area contributed by atoms with Gasteiger partial charge in [0.1, 0.15) is 0 Å². The molecule has 0 unspecified atom stereocenters. The normalized spacial score (nSPS) is 14.8. The van der Waals surface area contributed by atoms with Gasteiger partial charge in [0, 0.05) is 31.7 Å². The first-order valence-electron chi connectivity index (χ1n) is 9.41. The summed E-state index contributed by atoms with van der Waals surface area (Å²) in [5.41, 5.74) is 6.69. The standard InChI is InChI=1S/C22H25N3OS/c1-14-9-15(2)12-18(11-14)21(26)24-5-7-25(8-6-24)22-23-20-17(4)10-16(3)13-19(20)27-22/h9-13H,5-8H2,1-4H3. The van der Waals surface area contributed by atoms with Gasteiger partial charge >= 0.3 is 0 Å². The largest absolute Gasteiger partial charge is 0.345 e. The molecule has 4 rings (SSSR count). The van der Waals surface area contributed by atoms with Crippen molar-refractivity contribution in [3.63, 3.8) is 0 Å². The van der Waals surface area contributed by atoms with Crippen LogP contribution in [0.5, 0.6) is 0 Å². The first kappa shape index (κ1) is 18.0. The monoisotopic (exact) mass is 379 g/mol. The highest BCUT2D eigenvalue weighted by Gasteiger charge is 2.24. The maximum Gasteiger partial charge on any atom is 0.253 e. The number of anilines is 1. The lowest BCUT2D eigenvalue weighted by Crippen LogP contribution is -2.48. The van der Waals surface area contributed by atoms with Crippen LogP contribution in [0.4, 0.5) is 5.13 Å². The number of nitrogens with zero attached hydrogens (tertiary/aromatic N) is 3. The molecule has 0 radical (unpaired) electrons. The predicted octanol–water partition coefficient (Wildman–Crippen LogP) is 4.49. The molecule has 5 heteroatoms. The number of amides is 1. The van der Waals surface area contributed by atoms with Crippen LogP contribution < -0.4 is 4.90 Å². The molecule has 0 bridgehead atoms. The molecule has 1 aliphatic heterocycles. The number of hydrogen-bond donors (Lipinski definition) is 0. The zero-order valence-electron chi connectivity index (χ0n) is 16.4. The highest BCUT2D eigenvalue weighted by Crippen LogP contribution is 2.32. The van der Waals surface area contributed by atoms with Crippen molar-refractivity contribution in [3.05, 3.63) is 58.1 Å². The second kappa shape index (κ2) is 6.97. The Kier molecular flexibility index (Phi) is 4.64. The fourth-order valence-electron chi connectivity index (χ4n) is 3.88. The average molecular weight is 380 g/mol. The Labute approximate surface area is 164 Å². The molecule has 4 nitrogen and oxygen atoms in total. The number of aryl methyl sites for hydroxylation is 4. The minimum atomic E-state index is 0.136. The number of fused-ring (bicyclic) bond motifs is 1. The van der Waals surface area contributed by atoms with Crippen molar-refractivity contribution >= 4 is 32.6 Å². The lowest BCUT2D eigenvalue weighted by atomic mass is 10.1. The summed E-state index contributed by atoms with van der Waals surface area (Å²) in [6.07, 6.45) is 0. The van der Waals surface area contributed by atoms with Crippen molar-refractivity contribution in [1.29, 1.82) is 0 Å². The van der Waals surface area contributed by atoms with Crippen LogP contribution in [0.15, 0.2) is 30.3 Å². The van der Waals surface area contributed by atoms with Crippen molar-refractivity contribution < 1.29 is 4.79 Å². The second-order valence-electron chi connectivity index (χ2n) is 7.58. The summed E-state index contributed by atoms with van der Waals surface area (Å²) < 4.78 is 1.25. The van der Waals surface area contributed by atoms with E-state index in [0.29, 0.717) is 0 Å². The van der Waals surface area contributed by atoms with Gasteiger partial charge in [0.25, 0.3) is 5.91 Å². The van der Waals surface area contributed by atoms with Crippen LogP contribution in [0.2, 0.25) is 0 Å². The molecule has 2 heterocycles. The summed E-state index contributed by atoms with van der Waals surface area (Å²) in [4.78, 5) is 22.0. The Balaban J connectivity index is 1.49. The maximum atomic E-state index is 12.9. The van der Waals surface area contributed by atoms with Gasteiger partial charge in [0.15, 0.2) is 5.13 Å². The molecule has 140 valence electrons. The molecule has 1 amide bonds. The molecule has 1 aliphatic rings. The number of rotatable bonds is 2. The highest BCUT2D eigenvalue weighted by molar-refractivity contribution is 7.22. The van der Waals surface area contributed by atoms with E-state index in [1.807, 2.05) is 30.9 Å². The molecule has 0 atom stereocenters. The van der Waals surface area contributed by atoms with Gasteiger partial charge in [-0.15, -0.1) is 0 Å². The molecular weight excluding hydrogens is 354 g/mol. The van der Waals surface area contributed by atoms with Gasteiger partial charge in [0.2, 0.25) is 0 Å². The van der Waals surface area contributed by atoms with E-state index in [9.17, 15) is 4.79 Å². The van der Waals surface area contributed by atoms with Crippen LogP contribution in [0.3, 0.4) is 0 Å². The third-order valence-corrected chi connectivity index (χ3v) is 6.19. The van der Waals surface area contributed by atoms with Gasteiger partial charge in [-0.25, -0.2) is 4.98 Å². The van der Waals surface area contributed by atoms with Crippen molar-refractivity contribution in [3.8, 4) is 0 Å². The van der Waals surface area contributed by atoms with Crippen molar-refractivity contribution in [2.45, 2.75) is 27.7 Å². The smallest absolute Gasteiger partial charge is 0.253 e. The Morgan fingerprint density at radius 3 is 2.19 bits per heavy atom. The van der Waals surface area contributed by atoms with Gasteiger partial charge in [-0.2, -0.15) is 0 Å². The van der Waals surface area contributed by atoms with E-state index in [1.165, 1.54) is 15.8 Å². The van der Waals surface area contributed by atoms with Crippen LogP contribution in [0.1, 0.15) is 32.6 Å². The highest BCUT2D eigenvalue weighted by atomic mass is 32.1. The van der Waals surface area contributed by atoms with Crippen molar-refractivity contribution in [1.82, 2.24) is 9.88 Å². The van der Waals surface area contributed by atoms with Gasteiger partial charge in [-0.3, -0.25) is 4.79 Å². The number of piperazine rings is 1. The van der Waals surface area contributed by atoms with Crippen molar-refractivity contribution in [2.24, 2.45) is 0 Å². The fourth-order valence-corrected chi connectivity index (χ4v) is 5.07. The summed E-state index contributed by atoms with van der Waals surface area (Å²) in [5.74, 6) is 0.136. The topological polar surface area (TPSA) is 36.4 Å². The number of carbonyl (C=O) groups is 1. The first-order chi connectivity index (χ1) is 12.9. The molecule has 0 saturated carbocycles. The summed E-state index contributed by atoms with van der Waals surface area (Å²) in [5, 5.41) is 1.07. The van der Waals surface area contributed by atoms with E-state index in [4.69, 9.17) is 4.98 Å². The van der Waals surface area contributed by atoms with E-state index >= 15 is 0 Å². The van der Waals surface area contributed by atoms with Crippen molar-refractivity contribution in [2.75, 3.05) is 31.1 Å². The van der Waals surface area contributed by atoms with Crippen LogP contribution >= 0.6 is 11.3 Å². The second-order valence-corrected chi connectivity index (χ2v) is 8.59. The summed E-state index contributed by atoms with van der Waals surface area (Å²) in [6, 6.07) is 10.5. The number of aromatic nitrogens is 1. The Morgan fingerprint density at radius 1 is 0.889 bits per heavy atom. The summed E-state index contributed by atoms with van der Waals surface area (Å²) in [7, 11) is 0. The quantitative estimate of drug-likeness (QED) is 0.658. The van der Waals surface area contributed by atoms with E-state index < -0.39 is 0 Å². The predicted molar refractivity (Wildman–Crippen MR) is 113 cm³/mol. The molecule has 0 N–H and O–H groups in total. The van der Waals surface area contributed by atoms with Crippen LogP contribution in [-0.2, 0) is 0 Å². The molecule has 1 aromatic heterocycles. The number of thiazole rings is 1. The van der Waals surface area contributed by atoms with Gasteiger partial charge < -0.3 is 9.80 Å².